The zero-order valence-corrected chi connectivity index (χ0v) is 12.4. The summed E-state index contributed by atoms with van der Waals surface area (Å²) >= 11 is 0.963. The fraction of sp³-hybridized carbons (Fsp3) is 0.364. The molecule has 0 radical (unpaired) electrons. The third-order valence-electron chi connectivity index (χ3n) is 2.14. The van der Waals surface area contributed by atoms with Crippen LogP contribution in [0.3, 0.4) is 0 Å². The number of hydrogen-bond donors (Lipinski definition) is 2. The summed E-state index contributed by atoms with van der Waals surface area (Å²) in [5.74, 6) is -0.624. The number of carbonyl (C=O) groups excluding carboxylic acids is 1. The third-order valence-corrected chi connectivity index (χ3v) is 4.58. The topological polar surface area (TPSA) is 98.5 Å². The fourth-order valence-corrected chi connectivity index (χ4v) is 3.90. The standard InChI is InChI=1S/C11H16N2O4S2/c1-4-6-13-10-9(19(3,15)16)7(12)8(18-10)11(14)17-5-2/h4,13H,1,5-6,12H2,2-3H3. The summed E-state index contributed by atoms with van der Waals surface area (Å²) in [7, 11) is -3.54. The summed E-state index contributed by atoms with van der Waals surface area (Å²) in [5, 5.41) is 3.18. The Labute approximate surface area is 116 Å². The van der Waals surface area contributed by atoms with Crippen molar-refractivity contribution in [1.29, 1.82) is 0 Å². The lowest BCUT2D eigenvalue weighted by Gasteiger charge is -2.03. The van der Waals surface area contributed by atoms with Crippen LogP contribution < -0.4 is 11.1 Å². The first-order valence-corrected chi connectivity index (χ1v) is 8.17. The number of ether oxygens (including phenoxy) is 1. The van der Waals surface area contributed by atoms with Crippen molar-refractivity contribution in [1.82, 2.24) is 0 Å². The van der Waals surface area contributed by atoms with Gasteiger partial charge in [-0.05, 0) is 6.92 Å². The van der Waals surface area contributed by atoms with Crippen LogP contribution in [-0.2, 0) is 14.6 Å². The number of carbonyl (C=O) groups is 1. The normalized spacial score (nSPS) is 11.1. The molecule has 0 saturated heterocycles. The smallest absolute Gasteiger partial charge is 0.350 e. The second-order valence-electron chi connectivity index (χ2n) is 3.67. The summed E-state index contributed by atoms with van der Waals surface area (Å²) in [4.78, 5) is 11.7. The molecule has 1 heterocycles. The first-order chi connectivity index (χ1) is 8.82. The summed E-state index contributed by atoms with van der Waals surface area (Å²) in [6, 6.07) is 0. The van der Waals surface area contributed by atoms with E-state index in [4.69, 9.17) is 10.5 Å². The highest BCUT2D eigenvalue weighted by Crippen LogP contribution is 2.39. The highest BCUT2D eigenvalue weighted by molar-refractivity contribution is 7.91. The molecule has 0 saturated carbocycles. The maximum absolute atomic E-state index is 11.7. The van der Waals surface area contributed by atoms with Gasteiger partial charge in [-0.2, -0.15) is 0 Å². The molecule has 3 N–H and O–H groups in total. The molecule has 0 unspecified atom stereocenters. The van der Waals surface area contributed by atoms with E-state index in [1.807, 2.05) is 0 Å². The fourth-order valence-electron chi connectivity index (χ4n) is 1.43. The van der Waals surface area contributed by atoms with Gasteiger partial charge in [-0.15, -0.1) is 17.9 Å². The van der Waals surface area contributed by atoms with E-state index in [0.29, 0.717) is 11.5 Å². The minimum absolute atomic E-state index is 0.0672. The van der Waals surface area contributed by atoms with E-state index >= 15 is 0 Å². The van der Waals surface area contributed by atoms with Crippen molar-refractivity contribution in [2.24, 2.45) is 0 Å². The second-order valence-corrected chi connectivity index (χ2v) is 6.64. The van der Waals surface area contributed by atoms with E-state index in [-0.39, 0.29) is 22.1 Å². The molecule has 8 heteroatoms. The second kappa shape index (κ2) is 6.07. The summed E-state index contributed by atoms with van der Waals surface area (Å²) in [6.07, 6.45) is 2.62. The molecule has 0 aliphatic heterocycles. The Morgan fingerprint density at radius 2 is 2.21 bits per heavy atom. The minimum atomic E-state index is -3.54. The van der Waals surface area contributed by atoms with Crippen LogP contribution in [0.2, 0.25) is 0 Å². The van der Waals surface area contributed by atoms with Crippen LogP contribution in [0.5, 0.6) is 0 Å². The van der Waals surface area contributed by atoms with Gasteiger partial charge in [0.1, 0.15) is 14.8 Å². The average Bonchev–Trinajstić information content (AvgIpc) is 2.63. The monoisotopic (exact) mass is 304 g/mol. The molecule has 0 fully saturated rings. The molecule has 0 aromatic carbocycles. The molecule has 0 aliphatic carbocycles. The van der Waals surface area contributed by atoms with Crippen LogP contribution >= 0.6 is 11.3 Å². The van der Waals surface area contributed by atoms with E-state index in [1.165, 1.54) is 0 Å². The van der Waals surface area contributed by atoms with E-state index in [2.05, 4.69) is 11.9 Å². The van der Waals surface area contributed by atoms with Crippen molar-refractivity contribution < 1.29 is 17.9 Å². The first kappa shape index (κ1) is 15.5. The van der Waals surface area contributed by atoms with Gasteiger partial charge in [0.05, 0.1) is 12.3 Å². The van der Waals surface area contributed by atoms with Gasteiger partial charge < -0.3 is 15.8 Å². The van der Waals surface area contributed by atoms with Gasteiger partial charge in [-0.25, -0.2) is 13.2 Å². The number of esters is 1. The maximum atomic E-state index is 11.7. The number of anilines is 2. The molecule has 19 heavy (non-hydrogen) atoms. The van der Waals surface area contributed by atoms with Gasteiger partial charge in [0.2, 0.25) is 0 Å². The lowest BCUT2D eigenvalue weighted by Crippen LogP contribution is -2.08. The molecule has 1 rings (SSSR count). The molecule has 0 atom stereocenters. The highest BCUT2D eigenvalue weighted by Gasteiger charge is 2.27. The van der Waals surface area contributed by atoms with Crippen molar-refractivity contribution in [3.8, 4) is 0 Å². The highest BCUT2D eigenvalue weighted by atomic mass is 32.2. The van der Waals surface area contributed by atoms with Crippen molar-refractivity contribution in [2.75, 3.05) is 30.5 Å². The average molecular weight is 304 g/mol. The maximum Gasteiger partial charge on any atom is 0.350 e. The number of sulfone groups is 1. The summed E-state index contributed by atoms with van der Waals surface area (Å²) in [5.41, 5.74) is 5.69. The molecular weight excluding hydrogens is 288 g/mol. The van der Waals surface area contributed by atoms with Crippen LogP contribution in [0.4, 0.5) is 10.7 Å². The van der Waals surface area contributed by atoms with E-state index < -0.39 is 15.8 Å². The molecule has 0 amide bonds. The Kier molecular flexibility index (Phi) is 4.96. The lowest BCUT2D eigenvalue weighted by molar-refractivity contribution is 0.0533. The zero-order chi connectivity index (χ0) is 14.6. The van der Waals surface area contributed by atoms with Crippen molar-refractivity contribution >= 4 is 37.8 Å². The van der Waals surface area contributed by atoms with E-state index in [1.54, 1.807) is 13.0 Å². The Hall–Kier alpha value is -1.54. The number of nitrogens with one attached hydrogen (secondary N) is 1. The molecule has 0 bridgehead atoms. The SMILES string of the molecule is C=CCNc1sc(C(=O)OCC)c(N)c1S(C)(=O)=O. The lowest BCUT2D eigenvalue weighted by atomic mass is 10.4. The third kappa shape index (κ3) is 3.48. The van der Waals surface area contributed by atoms with Gasteiger partial charge in [0.25, 0.3) is 0 Å². The van der Waals surface area contributed by atoms with Gasteiger partial charge in [-0.3, -0.25) is 0 Å². The number of nitrogens with two attached hydrogens (primary N) is 1. The molecule has 1 aromatic rings. The molecular formula is C11H16N2O4S2. The van der Waals surface area contributed by atoms with Crippen LogP contribution in [0.25, 0.3) is 0 Å². The first-order valence-electron chi connectivity index (χ1n) is 5.47. The summed E-state index contributed by atoms with van der Waals surface area (Å²) in [6.45, 7) is 5.75. The Balaban J connectivity index is 3.34. The summed E-state index contributed by atoms with van der Waals surface area (Å²) < 4.78 is 28.3. The molecule has 0 spiro atoms. The van der Waals surface area contributed by atoms with Crippen LogP contribution in [0.15, 0.2) is 17.6 Å². The van der Waals surface area contributed by atoms with Crippen molar-refractivity contribution in [2.45, 2.75) is 11.8 Å². The minimum Gasteiger partial charge on any atom is -0.462 e. The number of rotatable bonds is 6. The van der Waals surface area contributed by atoms with Crippen molar-refractivity contribution in [3.63, 3.8) is 0 Å². The van der Waals surface area contributed by atoms with Crippen molar-refractivity contribution in [3.05, 3.63) is 17.5 Å². The Morgan fingerprint density at radius 3 is 2.68 bits per heavy atom. The molecule has 1 aromatic heterocycles. The predicted molar refractivity (Wildman–Crippen MR) is 76.5 cm³/mol. The Bertz CT molecular complexity index is 590. The van der Waals surface area contributed by atoms with E-state index in [9.17, 15) is 13.2 Å². The Morgan fingerprint density at radius 1 is 1.58 bits per heavy atom. The largest absolute Gasteiger partial charge is 0.462 e. The van der Waals surface area contributed by atoms with Gasteiger partial charge in [0.15, 0.2) is 9.84 Å². The van der Waals surface area contributed by atoms with Crippen LogP contribution in [0, 0.1) is 0 Å². The number of thiophene rings is 1. The van der Waals surface area contributed by atoms with E-state index in [0.717, 1.165) is 17.6 Å². The van der Waals surface area contributed by atoms with Gasteiger partial charge in [-0.1, -0.05) is 6.08 Å². The molecule has 6 nitrogen and oxygen atoms in total. The molecule has 0 aliphatic rings. The molecule has 106 valence electrons. The van der Waals surface area contributed by atoms with Crippen LogP contribution in [-0.4, -0.2) is 33.8 Å². The quantitative estimate of drug-likeness (QED) is 0.610. The van der Waals surface area contributed by atoms with Gasteiger partial charge >= 0.3 is 5.97 Å². The zero-order valence-electron chi connectivity index (χ0n) is 10.7. The predicted octanol–water partition coefficient (Wildman–Crippen LogP) is 1.51. The van der Waals surface area contributed by atoms with Crippen LogP contribution in [0.1, 0.15) is 16.6 Å². The number of nitrogen functional groups attached to an aromatic ring is 1. The van der Waals surface area contributed by atoms with Gasteiger partial charge in [0, 0.05) is 12.8 Å². The number of hydrogen-bond acceptors (Lipinski definition) is 7.